The minimum Gasteiger partial charge on any atom is -0.468 e. The fraction of sp³-hybridized carbons (Fsp3) is 0.417. The van der Waals surface area contributed by atoms with Crippen molar-refractivity contribution in [2.45, 2.75) is 33.0 Å². The van der Waals surface area contributed by atoms with E-state index < -0.39 is 0 Å². The van der Waals surface area contributed by atoms with Gasteiger partial charge in [0.25, 0.3) is 0 Å². The minimum atomic E-state index is 0.222. The van der Waals surface area contributed by atoms with Crippen molar-refractivity contribution < 1.29 is 4.42 Å². The van der Waals surface area contributed by atoms with E-state index in [4.69, 9.17) is 4.42 Å². The third kappa shape index (κ3) is 2.52. The molecule has 0 aliphatic carbocycles. The van der Waals surface area contributed by atoms with Crippen LogP contribution in [0.15, 0.2) is 35.2 Å². The molecule has 0 fully saturated rings. The van der Waals surface area contributed by atoms with E-state index in [-0.39, 0.29) is 6.04 Å². The van der Waals surface area contributed by atoms with Crippen LogP contribution in [0.3, 0.4) is 0 Å². The molecule has 1 N–H and O–H groups in total. The van der Waals surface area contributed by atoms with Crippen LogP contribution in [0.1, 0.15) is 31.2 Å². The zero-order valence-corrected chi connectivity index (χ0v) is 9.68. The first-order valence-electron chi connectivity index (χ1n) is 5.57. The van der Waals surface area contributed by atoms with E-state index in [9.17, 15) is 0 Å². The van der Waals surface area contributed by atoms with Gasteiger partial charge in [0.2, 0.25) is 0 Å². The highest BCUT2D eigenvalue weighted by Crippen LogP contribution is 2.12. The second kappa shape index (κ2) is 4.99. The molecule has 2 heterocycles. The summed E-state index contributed by atoms with van der Waals surface area (Å²) in [6.07, 6.45) is 5.65. The Labute approximate surface area is 95.3 Å². The van der Waals surface area contributed by atoms with Crippen LogP contribution in [0.2, 0.25) is 0 Å². The first-order valence-corrected chi connectivity index (χ1v) is 5.57. The zero-order chi connectivity index (χ0) is 11.4. The lowest BCUT2D eigenvalue weighted by atomic mass is 10.2. The lowest BCUT2D eigenvalue weighted by Gasteiger charge is -2.09. The van der Waals surface area contributed by atoms with Crippen LogP contribution in [0, 0.1) is 0 Å². The number of aromatic nitrogens is 2. The Balaban J connectivity index is 1.87. The summed E-state index contributed by atoms with van der Waals surface area (Å²) in [4.78, 5) is 0. The number of hydrogen-bond acceptors (Lipinski definition) is 3. The number of nitrogens with one attached hydrogen (secondary N) is 1. The third-order valence-corrected chi connectivity index (χ3v) is 2.59. The molecular formula is C12H17N3O. The van der Waals surface area contributed by atoms with Gasteiger partial charge in [-0.15, -0.1) is 0 Å². The van der Waals surface area contributed by atoms with Crippen LogP contribution in [-0.4, -0.2) is 9.78 Å². The Morgan fingerprint density at radius 2 is 2.44 bits per heavy atom. The molecule has 2 aromatic heterocycles. The van der Waals surface area contributed by atoms with Crippen molar-refractivity contribution in [3.63, 3.8) is 0 Å². The van der Waals surface area contributed by atoms with E-state index in [1.807, 2.05) is 23.0 Å². The van der Waals surface area contributed by atoms with Crippen LogP contribution >= 0.6 is 0 Å². The van der Waals surface area contributed by atoms with Gasteiger partial charge in [-0.1, -0.05) is 0 Å². The van der Waals surface area contributed by atoms with Crippen LogP contribution < -0.4 is 5.32 Å². The maximum Gasteiger partial charge on any atom is 0.120 e. The summed E-state index contributed by atoms with van der Waals surface area (Å²) in [7, 11) is 0. The second-order valence-corrected chi connectivity index (χ2v) is 3.82. The highest BCUT2D eigenvalue weighted by Gasteiger charge is 2.07. The fourth-order valence-corrected chi connectivity index (χ4v) is 1.58. The van der Waals surface area contributed by atoms with Crippen LogP contribution in [-0.2, 0) is 13.1 Å². The SMILES string of the molecule is CCn1cc(CN[C@H](C)c2ccco2)cn1. The molecule has 0 aliphatic heterocycles. The molecule has 2 aromatic rings. The van der Waals surface area contributed by atoms with Gasteiger partial charge in [0, 0.05) is 24.8 Å². The summed E-state index contributed by atoms with van der Waals surface area (Å²) in [5, 5.41) is 7.62. The smallest absolute Gasteiger partial charge is 0.120 e. The maximum atomic E-state index is 5.33. The molecule has 16 heavy (non-hydrogen) atoms. The normalized spacial score (nSPS) is 12.9. The molecule has 86 valence electrons. The predicted octanol–water partition coefficient (Wildman–Crippen LogP) is 2.35. The zero-order valence-electron chi connectivity index (χ0n) is 9.68. The van der Waals surface area contributed by atoms with Crippen molar-refractivity contribution in [3.8, 4) is 0 Å². The van der Waals surface area contributed by atoms with Crippen molar-refractivity contribution in [2.75, 3.05) is 0 Å². The highest BCUT2D eigenvalue weighted by atomic mass is 16.3. The van der Waals surface area contributed by atoms with E-state index in [0.717, 1.165) is 18.8 Å². The molecule has 4 nitrogen and oxygen atoms in total. The predicted molar refractivity (Wildman–Crippen MR) is 61.9 cm³/mol. The lowest BCUT2D eigenvalue weighted by Crippen LogP contribution is -2.17. The van der Waals surface area contributed by atoms with Gasteiger partial charge in [-0.2, -0.15) is 5.10 Å². The molecule has 0 amide bonds. The van der Waals surface area contributed by atoms with E-state index in [0.29, 0.717) is 0 Å². The Morgan fingerprint density at radius 1 is 1.56 bits per heavy atom. The molecule has 0 spiro atoms. The Morgan fingerprint density at radius 3 is 3.06 bits per heavy atom. The molecule has 4 heteroatoms. The largest absolute Gasteiger partial charge is 0.468 e. The number of nitrogens with zero attached hydrogens (tertiary/aromatic N) is 2. The van der Waals surface area contributed by atoms with Crippen molar-refractivity contribution in [2.24, 2.45) is 0 Å². The van der Waals surface area contributed by atoms with Gasteiger partial charge in [-0.25, -0.2) is 0 Å². The Bertz CT molecular complexity index is 419. The molecule has 0 unspecified atom stereocenters. The molecule has 1 atom stereocenters. The van der Waals surface area contributed by atoms with Crippen molar-refractivity contribution in [1.82, 2.24) is 15.1 Å². The number of rotatable bonds is 5. The van der Waals surface area contributed by atoms with Crippen molar-refractivity contribution in [3.05, 3.63) is 42.1 Å². The molecule has 0 aromatic carbocycles. The molecule has 0 radical (unpaired) electrons. The van der Waals surface area contributed by atoms with Gasteiger partial charge in [-0.3, -0.25) is 4.68 Å². The minimum absolute atomic E-state index is 0.222. The monoisotopic (exact) mass is 219 g/mol. The summed E-state index contributed by atoms with van der Waals surface area (Å²) >= 11 is 0. The van der Waals surface area contributed by atoms with E-state index >= 15 is 0 Å². The van der Waals surface area contributed by atoms with Gasteiger partial charge in [0.15, 0.2) is 0 Å². The lowest BCUT2D eigenvalue weighted by molar-refractivity contribution is 0.430. The standard InChI is InChI=1S/C12H17N3O/c1-3-15-9-11(8-14-15)7-13-10(2)12-5-4-6-16-12/h4-6,8-10,13H,3,7H2,1-2H3/t10-/m1/s1. The molecule has 0 saturated carbocycles. The van der Waals surface area contributed by atoms with Crippen LogP contribution in [0.25, 0.3) is 0 Å². The number of furan rings is 1. The molecule has 0 bridgehead atoms. The van der Waals surface area contributed by atoms with Gasteiger partial charge < -0.3 is 9.73 Å². The molecule has 0 aliphatic rings. The molecule has 0 saturated heterocycles. The maximum absolute atomic E-state index is 5.33. The van der Waals surface area contributed by atoms with Crippen LogP contribution in [0.4, 0.5) is 0 Å². The molecular weight excluding hydrogens is 202 g/mol. The van der Waals surface area contributed by atoms with Gasteiger partial charge in [0.1, 0.15) is 5.76 Å². The van der Waals surface area contributed by atoms with Crippen molar-refractivity contribution >= 4 is 0 Å². The first kappa shape index (κ1) is 11.0. The Hall–Kier alpha value is -1.55. The quantitative estimate of drug-likeness (QED) is 0.839. The number of aryl methyl sites for hydroxylation is 1. The highest BCUT2D eigenvalue weighted by molar-refractivity contribution is 5.06. The average molecular weight is 219 g/mol. The summed E-state index contributed by atoms with van der Waals surface area (Å²) < 4.78 is 7.25. The van der Waals surface area contributed by atoms with Gasteiger partial charge in [0.05, 0.1) is 18.5 Å². The summed E-state index contributed by atoms with van der Waals surface area (Å²) in [5.74, 6) is 0.961. The van der Waals surface area contributed by atoms with Gasteiger partial charge in [-0.05, 0) is 26.0 Å². The number of hydrogen-bond donors (Lipinski definition) is 1. The fourth-order valence-electron chi connectivity index (χ4n) is 1.58. The summed E-state index contributed by atoms with van der Waals surface area (Å²) in [6, 6.07) is 4.11. The second-order valence-electron chi connectivity index (χ2n) is 3.82. The van der Waals surface area contributed by atoms with E-state index in [2.05, 4.69) is 30.5 Å². The van der Waals surface area contributed by atoms with Crippen molar-refractivity contribution in [1.29, 1.82) is 0 Å². The summed E-state index contributed by atoms with van der Waals surface area (Å²) in [6.45, 7) is 5.88. The Kier molecular flexibility index (Phi) is 3.41. The summed E-state index contributed by atoms with van der Waals surface area (Å²) in [5.41, 5.74) is 1.19. The van der Waals surface area contributed by atoms with E-state index in [1.54, 1.807) is 6.26 Å². The molecule has 2 rings (SSSR count). The third-order valence-electron chi connectivity index (χ3n) is 2.59. The van der Waals surface area contributed by atoms with E-state index in [1.165, 1.54) is 5.56 Å². The van der Waals surface area contributed by atoms with Gasteiger partial charge >= 0.3 is 0 Å². The van der Waals surface area contributed by atoms with Crippen LogP contribution in [0.5, 0.6) is 0 Å². The topological polar surface area (TPSA) is 43.0 Å². The average Bonchev–Trinajstić information content (AvgIpc) is 2.96. The first-order chi connectivity index (χ1) is 7.79.